The van der Waals surface area contributed by atoms with Gasteiger partial charge in [-0.2, -0.15) is 0 Å². The van der Waals surface area contributed by atoms with Crippen molar-refractivity contribution in [2.75, 3.05) is 0 Å². The normalized spacial score (nSPS) is 10.7. The Morgan fingerprint density at radius 1 is 1.19 bits per heavy atom. The van der Waals surface area contributed by atoms with Crippen molar-refractivity contribution in [3.05, 3.63) is 58.3 Å². The molecule has 0 amide bonds. The molecule has 0 bridgehead atoms. The van der Waals surface area contributed by atoms with Gasteiger partial charge in [0.1, 0.15) is 17.3 Å². The maximum atomic E-state index is 13.4. The van der Waals surface area contributed by atoms with E-state index in [-0.39, 0.29) is 5.82 Å². The molecule has 0 aliphatic heterocycles. The Kier molecular flexibility index (Phi) is 3.27. The first kappa shape index (κ1) is 11.2. The highest BCUT2D eigenvalue weighted by atomic mass is 35.5. The second-order valence-corrected chi connectivity index (χ2v) is 3.92. The van der Waals surface area contributed by atoms with E-state index >= 15 is 0 Å². The van der Waals surface area contributed by atoms with Crippen LogP contribution in [0.3, 0.4) is 0 Å². The Balaban J connectivity index is 2.22. The van der Waals surface area contributed by atoms with Crippen molar-refractivity contribution in [1.29, 1.82) is 0 Å². The van der Waals surface area contributed by atoms with Gasteiger partial charge >= 0.3 is 0 Å². The fraction of sp³-hybridized carbons (Fsp3) is 0.167. The highest BCUT2D eigenvalue weighted by Crippen LogP contribution is 2.19. The zero-order valence-electron chi connectivity index (χ0n) is 8.54. The van der Waals surface area contributed by atoms with Gasteiger partial charge in [-0.3, -0.25) is 0 Å². The quantitative estimate of drug-likeness (QED) is 0.894. The van der Waals surface area contributed by atoms with Crippen LogP contribution in [0.4, 0.5) is 4.39 Å². The van der Waals surface area contributed by atoms with Crippen LogP contribution in [0.25, 0.3) is 0 Å². The highest BCUT2D eigenvalue weighted by Gasteiger charge is 2.07. The summed E-state index contributed by atoms with van der Waals surface area (Å²) >= 11 is 5.80. The Hall–Kier alpha value is -1.32. The first-order valence-corrected chi connectivity index (χ1v) is 5.28. The first-order valence-electron chi connectivity index (χ1n) is 4.90. The molecule has 1 aromatic heterocycles. The number of nitrogens with two attached hydrogens (primary N) is 1. The largest absolute Gasteiger partial charge is 0.464 e. The number of halogens is 2. The summed E-state index contributed by atoms with van der Waals surface area (Å²) < 4.78 is 18.8. The van der Waals surface area contributed by atoms with Crippen molar-refractivity contribution < 1.29 is 8.81 Å². The SMILES string of the molecule is NCc1ccc(Cc2cc(Cl)ccc2F)o1. The molecule has 1 aromatic carbocycles. The molecule has 2 aromatic rings. The molecule has 0 spiro atoms. The zero-order valence-corrected chi connectivity index (χ0v) is 9.30. The summed E-state index contributed by atoms with van der Waals surface area (Å²) in [7, 11) is 0. The van der Waals surface area contributed by atoms with Gasteiger partial charge in [0.25, 0.3) is 0 Å². The van der Waals surface area contributed by atoms with Crippen LogP contribution in [0, 0.1) is 5.82 Å². The monoisotopic (exact) mass is 239 g/mol. The fourth-order valence-corrected chi connectivity index (χ4v) is 1.69. The van der Waals surface area contributed by atoms with Crippen LogP contribution < -0.4 is 5.73 Å². The van der Waals surface area contributed by atoms with E-state index in [1.807, 2.05) is 0 Å². The maximum Gasteiger partial charge on any atom is 0.126 e. The molecular weight excluding hydrogens is 229 g/mol. The van der Waals surface area contributed by atoms with Gasteiger partial charge in [-0.25, -0.2) is 4.39 Å². The van der Waals surface area contributed by atoms with Gasteiger partial charge < -0.3 is 10.2 Å². The molecule has 0 aliphatic carbocycles. The topological polar surface area (TPSA) is 39.2 Å². The summed E-state index contributed by atoms with van der Waals surface area (Å²) in [5.74, 6) is 1.09. The first-order chi connectivity index (χ1) is 7.69. The number of benzene rings is 1. The predicted molar refractivity (Wildman–Crippen MR) is 60.8 cm³/mol. The molecule has 0 saturated heterocycles. The molecule has 0 atom stereocenters. The number of hydrogen-bond donors (Lipinski definition) is 1. The molecule has 84 valence electrons. The molecule has 1 heterocycles. The van der Waals surface area contributed by atoms with Crippen LogP contribution in [0.15, 0.2) is 34.7 Å². The Bertz CT molecular complexity index is 496. The zero-order chi connectivity index (χ0) is 11.5. The fourth-order valence-electron chi connectivity index (χ4n) is 1.49. The second kappa shape index (κ2) is 4.68. The third-order valence-electron chi connectivity index (χ3n) is 2.29. The van der Waals surface area contributed by atoms with Gasteiger partial charge in [0.2, 0.25) is 0 Å². The summed E-state index contributed by atoms with van der Waals surface area (Å²) in [4.78, 5) is 0. The van der Waals surface area contributed by atoms with Gasteiger partial charge in [-0.05, 0) is 35.9 Å². The van der Waals surface area contributed by atoms with Crippen molar-refractivity contribution in [1.82, 2.24) is 0 Å². The lowest BCUT2D eigenvalue weighted by Gasteiger charge is -2.01. The molecule has 2 N–H and O–H groups in total. The molecule has 2 rings (SSSR count). The van der Waals surface area contributed by atoms with Crippen molar-refractivity contribution in [2.24, 2.45) is 5.73 Å². The molecule has 0 unspecified atom stereocenters. The van der Waals surface area contributed by atoms with Gasteiger partial charge in [-0.15, -0.1) is 0 Å². The molecule has 16 heavy (non-hydrogen) atoms. The van der Waals surface area contributed by atoms with E-state index in [1.165, 1.54) is 12.1 Å². The van der Waals surface area contributed by atoms with Gasteiger partial charge in [0, 0.05) is 11.4 Å². The third kappa shape index (κ3) is 2.43. The number of furan rings is 1. The molecule has 4 heteroatoms. The lowest BCUT2D eigenvalue weighted by Crippen LogP contribution is -1.94. The highest BCUT2D eigenvalue weighted by molar-refractivity contribution is 6.30. The summed E-state index contributed by atoms with van der Waals surface area (Å²) in [6.45, 7) is 0.345. The molecule has 0 fully saturated rings. The van der Waals surface area contributed by atoms with Crippen molar-refractivity contribution >= 4 is 11.6 Å². The Morgan fingerprint density at radius 3 is 2.62 bits per heavy atom. The van der Waals surface area contributed by atoms with E-state index in [4.69, 9.17) is 21.8 Å². The summed E-state index contributed by atoms with van der Waals surface area (Å²) in [6.07, 6.45) is 0.381. The third-order valence-corrected chi connectivity index (χ3v) is 2.53. The number of hydrogen-bond acceptors (Lipinski definition) is 2. The average Bonchev–Trinajstić information content (AvgIpc) is 2.71. The number of rotatable bonds is 3. The lowest BCUT2D eigenvalue weighted by molar-refractivity contribution is 0.472. The maximum absolute atomic E-state index is 13.4. The molecule has 0 saturated carbocycles. The van der Waals surface area contributed by atoms with Crippen LogP contribution in [-0.4, -0.2) is 0 Å². The van der Waals surface area contributed by atoms with Crippen LogP contribution in [-0.2, 0) is 13.0 Å². The molecule has 0 radical (unpaired) electrons. The van der Waals surface area contributed by atoms with Crippen LogP contribution >= 0.6 is 11.6 Å². The summed E-state index contributed by atoms with van der Waals surface area (Å²) in [5.41, 5.74) is 5.94. The molecule has 0 aliphatic rings. The minimum atomic E-state index is -0.282. The standard InChI is InChI=1S/C12H11ClFNO/c13-9-1-4-12(14)8(5-9)6-10-2-3-11(7-15)16-10/h1-5H,6-7,15H2. The minimum Gasteiger partial charge on any atom is -0.464 e. The van der Waals surface area contributed by atoms with E-state index < -0.39 is 0 Å². The van der Waals surface area contributed by atoms with E-state index in [2.05, 4.69) is 0 Å². The average molecular weight is 240 g/mol. The summed E-state index contributed by atoms with van der Waals surface area (Å²) in [5, 5.41) is 0.516. The lowest BCUT2D eigenvalue weighted by atomic mass is 10.1. The van der Waals surface area contributed by atoms with E-state index in [1.54, 1.807) is 18.2 Å². The van der Waals surface area contributed by atoms with Crippen molar-refractivity contribution in [3.8, 4) is 0 Å². The Labute approximate surface area is 97.8 Å². The van der Waals surface area contributed by atoms with Crippen molar-refractivity contribution in [2.45, 2.75) is 13.0 Å². The van der Waals surface area contributed by atoms with E-state index in [0.717, 1.165) is 0 Å². The van der Waals surface area contributed by atoms with Gasteiger partial charge in [0.05, 0.1) is 6.54 Å². The van der Waals surface area contributed by atoms with E-state index in [9.17, 15) is 4.39 Å². The van der Waals surface area contributed by atoms with Crippen LogP contribution in [0.5, 0.6) is 0 Å². The van der Waals surface area contributed by atoms with Crippen LogP contribution in [0.2, 0.25) is 5.02 Å². The second-order valence-electron chi connectivity index (χ2n) is 3.48. The van der Waals surface area contributed by atoms with E-state index in [0.29, 0.717) is 35.1 Å². The van der Waals surface area contributed by atoms with Gasteiger partial charge in [-0.1, -0.05) is 11.6 Å². The smallest absolute Gasteiger partial charge is 0.126 e. The van der Waals surface area contributed by atoms with Crippen LogP contribution in [0.1, 0.15) is 17.1 Å². The molecular formula is C12H11ClFNO. The molecule has 2 nitrogen and oxygen atoms in total. The van der Waals surface area contributed by atoms with Crippen molar-refractivity contribution in [3.63, 3.8) is 0 Å². The Morgan fingerprint density at radius 2 is 1.94 bits per heavy atom. The van der Waals surface area contributed by atoms with Gasteiger partial charge in [0.15, 0.2) is 0 Å². The minimum absolute atomic E-state index is 0.282. The predicted octanol–water partition coefficient (Wildman–Crippen LogP) is 3.12. The summed E-state index contributed by atoms with van der Waals surface area (Å²) in [6, 6.07) is 8.06.